The highest BCUT2D eigenvalue weighted by Crippen LogP contribution is 2.23. The van der Waals surface area contributed by atoms with Gasteiger partial charge in [-0.25, -0.2) is 0 Å². The molecule has 0 atom stereocenters. The third-order valence-corrected chi connectivity index (χ3v) is 2.36. The minimum atomic E-state index is 1.40. The smallest absolute Gasteiger partial charge is 0.0935 e. The molecule has 2 aliphatic heterocycles. The summed E-state index contributed by atoms with van der Waals surface area (Å²) in [5, 5.41) is 4.75. The summed E-state index contributed by atoms with van der Waals surface area (Å²) in [4.78, 5) is 0. The molecule has 2 aliphatic rings. The molecule has 2 rings (SSSR count). The number of rotatable bonds is 1. The Balaban J connectivity index is 1.89. The molecule has 0 amide bonds. The highest BCUT2D eigenvalue weighted by atomic mass is 32.2. The Morgan fingerprint density at radius 2 is 2.40 bits per heavy atom. The molecule has 0 unspecified atom stereocenters. The monoisotopic (exact) mass is 172 g/mol. The molecule has 0 saturated carbocycles. The number of hydrogen-bond donors (Lipinski definition) is 2. The van der Waals surface area contributed by atoms with Crippen LogP contribution in [0.1, 0.15) is 0 Å². The van der Waals surface area contributed by atoms with E-state index in [4.69, 9.17) is 0 Å². The molecule has 0 aromatic rings. The summed E-state index contributed by atoms with van der Waals surface area (Å²) in [7, 11) is 0. The molecule has 2 radical (unpaired) electrons. The van der Waals surface area contributed by atoms with Gasteiger partial charge in [-0.1, -0.05) is 9.05 Å². The van der Waals surface area contributed by atoms with E-state index in [0.29, 0.717) is 0 Å². The van der Waals surface area contributed by atoms with Gasteiger partial charge in [0, 0.05) is 23.6 Å². The molecule has 4 nitrogen and oxygen atoms in total. The van der Waals surface area contributed by atoms with Crippen molar-refractivity contribution >= 4 is 23.9 Å². The highest BCUT2D eigenvalue weighted by Gasteiger charge is 2.18. The number of hydrogen-bond acceptors (Lipinski definition) is 6. The molecule has 0 bridgehead atoms. The summed E-state index contributed by atoms with van der Waals surface area (Å²) in [6, 6.07) is 0. The van der Waals surface area contributed by atoms with Crippen LogP contribution in [-0.4, -0.2) is 9.05 Å². The van der Waals surface area contributed by atoms with E-state index >= 15 is 0 Å². The van der Waals surface area contributed by atoms with Crippen LogP contribution in [0.3, 0.4) is 0 Å². The summed E-state index contributed by atoms with van der Waals surface area (Å²) in [6.45, 7) is 0. The van der Waals surface area contributed by atoms with Gasteiger partial charge >= 0.3 is 0 Å². The van der Waals surface area contributed by atoms with Crippen LogP contribution in [0.15, 0.2) is 11.6 Å². The molecule has 2 heterocycles. The zero-order chi connectivity index (χ0) is 6.81. The van der Waals surface area contributed by atoms with E-state index in [1.165, 1.54) is 11.9 Å². The highest BCUT2D eigenvalue weighted by molar-refractivity contribution is 8.02. The minimum absolute atomic E-state index is 1.40. The molecule has 0 spiro atoms. The largest absolute Gasteiger partial charge is 0.300 e. The Kier molecular flexibility index (Phi) is 1.76. The van der Waals surface area contributed by atoms with Gasteiger partial charge in [-0.2, -0.15) is 0 Å². The fourth-order valence-corrected chi connectivity index (χ4v) is 1.64. The van der Waals surface area contributed by atoms with Crippen molar-refractivity contribution in [1.29, 1.82) is 0 Å². The minimum Gasteiger partial charge on any atom is -0.300 e. The average molecular weight is 172 g/mol. The molecule has 0 aliphatic carbocycles. The predicted molar refractivity (Wildman–Crippen MR) is 40.8 cm³/mol. The van der Waals surface area contributed by atoms with Crippen LogP contribution in [-0.2, 0) is 0 Å². The van der Waals surface area contributed by atoms with E-state index in [0.717, 1.165) is 0 Å². The fourth-order valence-electron chi connectivity index (χ4n) is 0.550. The lowest BCUT2D eigenvalue weighted by molar-refractivity contribution is 0.130. The third kappa shape index (κ3) is 1.10. The Bertz CT molecular complexity index is 144. The second-order valence-corrected chi connectivity index (χ2v) is 3.07. The van der Waals surface area contributed by atoms with E-state index in [2.05, 4.69) is 22.5 Å². The SMILES string of the molecule is [C]1=[C]SN(N2NC=CS2)N1. The maximum Gasteiger partial charge on any atom is 0.0935 e. The average Bonchev–Trinajstić information content (AvgIpc) is 2.59. The topological polar surface area (TPSA) is 30.5 Å². The first-order chi connectivity index (χ1) is 4.97. The van der Waals surface area contributed by atoms with Crippen LogP contribution in [0.2, 0.25) is 0 Å². The molecule has 52 valence electrons. The summed E-state index contributed by atoms with van der Waals surface area (Å²) in [6.07, 6.45) is 4.57. The normalized spacial score (nSPS) is 25.2. The number of nitrogens with one attached hydrogen (secondary N) is 2. The van der Waals surface area contributed by atoms with E-state index in [1.807, 2.05) is 16.1 Å². The van der Waals surface area contributed by atoms with Gasteiger partial charge in [0.1, 0.15) is 0 Å². The first-order valence-corrected chi connectivity index (χ1v) is 4.18. The molecule has 2 N–H and O–H groups in total. The van der Waals surface area contributed by atoms with Crippen molar-refractivity contribution in [3.63, 3.8) is 0 Å². The molecule has 0 aromatic heterocycles. The van der Waals surface area contributed by atoms with Crippen molar-refractivity contribution in [2.24, 2.45) is 0 Å². The summed E-state index contributed by atoms with van der Waals surface area (Å²) in [5.74, 6) is 0. The van der Waals surface area contributed by atoms with E-state index in [1.54, 1.807) is 16.5 Å². The van der Waals surface area contributed by atoms with Crippen molar-refractivity contribution in [1.82, 2.24) is 19.9 Å². The van der Waals surface area contributed by atoms with Crippen molar-refractivity contribution in [3.8, 4) is 0 Å². The van der Waals surface area contributed by atoms with E-state index in [9.17, 15) is 0 Å². The Labute approximate surface area is 67.5 Å². The standard InChI is InChI=1S/C4H4N4S2/c1-3-9-7(5-1)8-6-2-4-10-8/h1,3,5-6H. The Hall–Kier alpha value is -0.300. The molecule has 6 heteroatoms. The van der Waals surface area contributed by atoms with Gasteiger partial charge < -0.3 is 0 Å². The fraction of sp³-hybridized carbons (Fsp3) is 0. The molecule has 10 heavy (non-hydrogen) atoms. The zero-order valence-corrected chi connectivity index (χ0v) is 6.50. The van der Waals surface area contributed by atoms with Crippen LogP contribution in [0.25, 0.3) is 0 Å². The second kappa shape index (κ2) is 2.75. The first kappa shape index (κ1) is 6.41. The third-order valence-electron chi connectivity index (χ3n) is 0.913. The van der Waals surface area contributed by atoms with Crippen LogP contribution in [0.4, 0.5) is 0 Å². The van der Waals surface area contributed by atoms with Gasteiger partial charge in [0.25, 0.3) is 0 Å². The van der Waals surface area contributed by atoms with Gasteiger partial charge in [0.05, 0.1) is 11.6 Å². The van der Waals surface area contributed by atoms with Crippen molar-refractivity contribution < 1.29 is 0 Å². The van der Waals surface area contributed by atoms with Gasteiger partial charge in [0.15, 0.2) is 0 Å². The van der Waals surface area contributed by atoms with E-state index in [-0.39, 0.29) is 0 Å². The van der Waals surface area contributed by atoms with E-state index < -0.39 is 0 Å². The van der Waals surface area contributed by atoms with Crippen molar-refractivity contribution in [3.05, 3.63) is 23.2 Å². The molecule has 0 fully saturated rings. The Morgan fingerprint density at radius 1 is 1.40 bits per heavy atom. The lowest BCUT2D eigenvalue weighted by atomic mass is 11.1. The van der Waals surface area contributed by atoms with Crippen LogP contribution in [0, 0.1) is 11.6 Å². The maximum atomic E-state index is 2.98. The Morgan fingerprint density at radius 3 is 3.00 bits per heavy atom. The van der Waals surface area contributed by atoms with Crippen LogP contribution >= 0.6 is 23.9 Å². The van der Waals surface area contributed by atoms with Crippen LogP contribution < -0.4 is 10.9 Å². The zero-order valence-electron chi connectivity index (χ0n) is 4.87. The van der Waals surface area contributed by atoms with Crippen molar-refractivity contribution in [2.75, 3.05) is 0 Å². The maximum absolute atomic E-state index is 2.98. The van der Waals surface area contributed by atoms with Crippen LogP contribution in [0.5, 0.6) is 0 Å². The lowest BCUT2D eigenvalue weighted by Gasteiger charge is -2.22. The number of hydrazine groups is 3. The molecule has 0 aromatic carbocycles. The molecular weight excluding hydrogens is 168 g/mol. The second-order valence-electron chi connectivity index (χ2n) is 1.51. The molecular formula is C4H4N4S2. The van der Waals surface area contributed by atoms with Crippen molar-refractivity contribution in [2.45, 2.75) is 0 Å². The summed E-state index contributed by atoms with van der Waals surface area (Å²) in [5.41, 5.74) is 5.81. The molecule has 0 saturated heterocycles. The summed E-state index contributed by atoms with van der Waals surface area (Å²) < 4.78 is 3.59. The predicted octanol–water partition coefficient (Wildman–Crippen LogP) is 0.387. The van der Waals surface area contributed by atoms with Gasteiger partial charge in [-0.15, -0.1) is 0 Å². The van der Waals surface area contributed by atoms with Gasteiger partial charge in [-0.05, 0) is 11.9 Å². The lowest BCUT2D eigenvalue weighted by Crippen LogP contribution is -2.41. The first-order valence-electron chi connectivity index (χ1n) is 2.57. The number of nitrogens with zero attached hydrogens (tertiary/aromatic N) is 2. The summed E-state index contributed by atoms with van der Waals surface area (Å²) >= 11 is 2.95. The van der Waals surface area contributed by atoms with Gasteiger partial charge in [-0.3, -0.25) is 10.9 Å². The quantitative estimate of drug-likeness (QED) is 0.556. The van der Waals surface area contributed by atoms with Gasteiger partial charge in [0.2, 0.25) is 0 Å².